The lowest BCUT2D eigenvalue weighted by molar-refractivity contribution is -0.150. The van der Waals surface area contributed by atoms with Gasteiger partial charge in [0.1, 0.15) is 19.0 Å². The van der Waals surface area contributed by atoms with Crippen molar-refractivity contribution in [2.45, 2.75) is 19.8 Å². The number of halogens is 1. The summed E-state index contributed by atoms with van der Waals surface area (Å²) < 4.78 is 24.5. The van der Waals surface area contributed by atoms with Crippen LogP contribution in [0.1, 0.15) is 25.3 Å². The molecule has 0 aliphatic carbocycles. The van der Waals surface area contributed by atoms with E-state index in [1.807, 2.05) is 37.3 Å². The molecule has 0 aliphatic rings. The van der Waals surface area contributed by atoms with Gasteiger partial charge in [0.2, 0.25) is 0 Å². The van der Waals surface area contributed by atoms with Gasteiger partial charge in [0.05, 0.1) is 5.92 Å². The monoisotopic (exact) mass is 382 g/mol. The Hall–Kier alpha value is -3.21. The Labute approximate surface area is 164 Å². The molecule has 1 unspecified atom stereocenters. The summed E-state index contributed by atoms with van der Waals surface area (Å²) in [5, 5.41) is 0. The highest BCUT2D eigenvalue weighted by molar-refractivity contribution is 5.82. The van der Waals surface area contributed by atoms with E-state index in [2.05, 4.69) is 0 Å². The van der Waals surface area contributed by atoms with Gasteiger partial charge in [0.15, 0.2) is 0 Å². The van der Waals surface area contributed by atoms with Gasteiger partial charge in [-0.1, -0.05) is 60.7 Å². The van der Waals surface area contributed by atoms with Crippen molar-refractivity contribution in [3.63, 3.8) is 0 Å². The maximum atomic E-state index is 14.5. The zero-order valence-electron chi connectivity index (χ0n) is 15.9. The van der Waals surface area contributed by atoms with Gasteiger partial charge in [0.25, 0.3) is 0 Å². The second-order valence-electron chi connectivity index (χ2n) is 6.05. The highest BCUT2D eigenvalue weighted by Crippen LogP contribution is 2.26. The third-order valence-electron chi connectivity index (χ3n) is 4.04. The van der Waals surface area contributed by atoms with E-state index in [0.29, 0.717) is 11.1 Å². The molecule has 4 nitrogen and oxygen atoms in total. The fourth-order valence-electron chi connectivity index (χ4n) is 2.49. The van der Waals surface area contributed by atoms with Crippen LogP contribution in [0.3, 0.4) is 0 Å². The van der Waals surface area contributed by atoms with Crippen molar-refractivity contribution in [2.75, 3.05) is 13.2 Å². The predicted octanol–water partition coefficient (Wildman–Crippen LogP) is 4.81. The highest BCUT2D eigenvalue weighted by Gasteiger charge is 2.18. The van der Waals surface area contributed by atoms with E-state index >= 15 is 0 Å². The second-order valence-corrected chi connectivity index (χ2v) is 6.05. The summed E-state index contributed by atoms with van der Waals surface area (Å²) in [5.74, 6) is -2.05. The molecule has 146 valence electrons. The van der Waals surface area contributed by atoms with Gasteiger partial charge in [0, 0.05) is 11.6 Å². The number of benzene rings is 2. The Morgan fingerprint density at radius 2 is 1.75 bits per heavy atom. The third kappa shape index (κ3) is 6.20. The van der Waals surface area contributed by atoms with Crippen LogP contribution in [0.15, 0.2) is 72.8 Å². The number of rotatable bonds is 8. The summed E-state index contributed by atoms with van der Waals surface area (Å²) in [4.78, 5) is 23.5. The van der Waals surface area contributed by atoms with Gasteiger partial charge in [-0.2, -0.15) is 0 Å². The minimum Gasteiger partial charge on any atom is -0.462 e. The molecule has 0 heterocycles. The molecule has 0 N–H and O–H groups in total. The Balaban J connectivity index is 1.87. The van der Waals surface area contributed by atoms with Crippen LogP contribution in [0.4, 0.5) is 4.39 Å². The van der Waals surface area contributed by atoms with E-state index in [1.54, 1.807) is 37.3 Å². The first-order valence-electron chi connectivity index (χ1n) is 9.00. The molecule has 0 radical (unpaired) electrons. The van der Waals surface area contributed by atoms with Crippen molar-refractivity contribution < 1.29 is 23.5 Å². The number of hydrogen-bond donors (Lipinski definition) is 0. The van der Waals surface area contributed by atoms with Crippen LogP contribution >= 0.6 is 0 Å². The van der Waals surface area contributed by atoms with Crippen molar-refractivity contribution in [3.05, 3.63) is 84.2 Å². The molecule has 0 amide bonds. The fraction of sp³-hybridized carbons (Fsp3) is 0.217. The molecule has 28 heavy (non-hydrogen) atoms. The number of carbonyl (C=O) groups is 2. The predicted molar refractivity (Wildman–Crippen MR) is 106 cm³/mol. The van der Waals surface area contributed by atoms with Crippen LogP contribution in [0.25, 0.3) is 11.1 Å². The molecule has 2 aromatic carbocycles. The molecule has 0 spiro atoms. The Morgan fingerprint density at radius 3 is 2.43 bits per heavy atom. The molecule has 0 fully saturated rings. The second kappa shape index (κ2) is 10.8. The van der Waals surface area contributed by atoms with Gasteiger partial charge in [-0.3, -0.25) is 4.79 Å². The van der Waals surface area contributed by atoms with Crippen molar-refractivity contribution in [3.8, 4) is 11.1 Å². The fourth-order valence-corrected chi connectivity index (χ4v) is 2.49. The Bertz CT molecular complexity index is 856. The molecule has 0 bridgehead atoms. The van der Waals surface area contributed by atoms with E-state index in [9.17, 15) is 14.0 Å². The first kappa shape index (κ1) is 21.1. The van der Waals surface area contributed by atoms with Gasteiger partial charge >= 0.3 is 11.9 Å². The molecular formula is C23H23FO4. The van der Waals surface area contributed by atoms with Gasteiger partial charge in [-0.15, -0.1) is 0 Å². The minimum absolute atomic E-state index is 0.0429. The maximum absolute atomic E-state index is 14.5. The Morgan fingerprint density at radius 1 is 1.04 bits per heavy atom. The number of ether oxygens (including phenoxy) is 2. The minimum atomic E-state index is -0.635. The van der Waals surface area contributed by atoms with Crippen molar-refractivity contribution in [1.29, 1.82) is 0 Å². The normalized spacial score (nSPS) is 12.2. The lowest BCUT2D eigenvalue weighted by Crippen LogP contribution is -2.17. The average molecular weight is 382 g/mol. The molecule has 2 aromatic rings. The summed E-state index contributed by atoms with van der Waals surface area (Å²) in [5.41, 5.74) is 1.77. The van der Waals surface area contributed by atoms with E-state index in [0.717, 1.165) is 5.56 Å². The van der Waals surface area contributed by atoms with Crippen molar-refractivity contribution >= 4 is 11.9 Å². The maximum Gasteiger partial charge on any atom is 0.330 e. The number of allylic oxidation sites excluding steroid dienone is 3. The van der Waals surface area contributed by atoms with Crippen LogP contribution < -0.4 is 0 Å². The number of esters is 2. The summed E-state index contributed by atoms with van der Waals surface area (Å²) in [7, 11) is 0. The van der Waals surface area contributed by atoms with Crippen LogP contribution in [0.2, 0.25) is 0 Å². The summed E-state index contributed by atoms with van der Waals surface area (Å²) in [6.07, 6.45) is 6.32. The van der Waals surface area contributed by atoms with Crippen LogP contribution in [0, 0.1) is 5.82 Å². The molecule has 1 atom stereocenters. The molecule has 0 saturated heterocycles. The van der Waals surface area contributed by atoms with Gasteiger partial charge in [-0.05, 0) is 31.0 Å². The third-order valence-corrected chi connectivity index (χ3v) is 4.04. The smallest absolute Gasteiger partial charge is 0.330 e. The molecular weight excluding hydrogens is 359 g/mol. The topological polar surface area (TPSA) is 52.6 Å². The quantitative estimate of drug-likeness (QED) is 0.284. The molecule has 0 aromatic heterocycles. The highest BCUT2D eigenvalue weighted by atomic mass is 19.1. The van der Waals surface area contributed by atoms with E-state index in [4.69, 9.17) is 9.47 Å². The lowest BCUT2D eigenvalue weighted by atomic mass is 9.97. The molecule has 5 heteroatoms. The van der Waals surface area contributed by atoms with E-state index < -0.39 is 23.7 Å². The summed E-state index contributed by atoms with van der Waals surface area (Å²) >= 11 is 0. The van der Waals surface area contributed by atoms with Gasteiger partial charge in [-0.25, -0.2) is 9.18 Å². The zero-order valence-corrected chi connectivity index (χ0v) is 15.9. The van der Waals surface area contributed by atoms with Crippen molar-refractivity contribution in [1.82, 2.24) is 0 Å². The van der Waals surface area contributed by atoms with Crippen molar-refractivity contribution in [2.24, 2.45) is 0 Å². The standard InChI is InChI=1S/C23H23FO4/c1-3-4-6-11-22(25)27-14-15-28-23(26)17(2)19-12-13-20(21(24)16-19)18-9-7-5-8-10-18/h3-13,16-17H,14-15H2,1-2H3/b4-3+,11-6+. The zero-order chi connectivity index (χ0) is 20.4. The molecule has 2 rings (SSSR count). The van der Waals surface area contributed by atoms with Crippen LogP contribution in [-0.2, 0) is 19.1 Å². The van der Waals surface area contributed by atoms with E-state index in [1.165, 1.54) is 12.1 Å². The van der Waals surface area contributed by atoms with Crippen LogP contribution in [0.5, 0.6) is 0 Å². The number of hydrogen-bond acceptors (Lipinski definition) is 4. The number of carbonyl (C=O) groups excluding carboxylic acids is 2. The summed E-state index contributed by atoms with van der Waals surface area (Å²) in [6.45, 7) is 3.37. The summed E-state index contributed by atoms with van der Waals surface area (Å²) in [6, 6.07) is 13.9. The Kier molecular flexibility index (Phi) is 8.15. The lowest BCUT2D eigenvalue weighted by Gasteiger charge is -2.13. The molecule has 0 aliphatic heterocycles. The van der Waals surface area contributed by atoms with E-state index in [-0.39, 0.29) is 13.2 Å². The largest absolute Gasteiger partial charge is 0.462 e. The van der Waals surface area contributed by atoms with Gasteiger partial charge < -0.3 is 9.47 Å². The first-order valence-corrected chi connectivity index (χ1v) is 9.00. The SMILES string of the molecule is C/C=C/C=C/C(=O)OCCOC(=O)C(C)c1ccc(-c2ccccc2)c(F)c1. The molecule has 0 saturated carbocycles. The van der Waals surface area contributed by atoms with Crippen LogP contribution in [-0.4, -0.2) is 25.2 Å². The average Bonchev–Trinajstić information content (AvgIpc) is 2.71. The first-order chi connectivity index (χ1) is 13.5.